The first kappa shape index (κ1) is 22.5. The van der Waals surface area contributed by atoms with Gasteiger partial charge >= 0.3 is 18.5 Å². The Morgan fingerprint density at radius 2 is 1.18 bits per heavy atom. The van der Waals surface area contributed by atoms with Crippen LogP contribution in [0, 0.1) is 23.4 Å². The van der Waals surface area contributed by atoms with Gasteiger partial charge in [-0.15, -0.1) is 0 Å². The zero-order valence-corrected chi connectivity index (χ0v) is 13.0. The fourth-order valence-electron chi connectivity index (χ4n) is 2.58. The number of benzene rings is 1. The van der Waals surface area contributed by atoms with E-state index in [1.807, 2.05) is 0 Å². The normalized spacial score (nSPS) is 24.5. The Balaban J connectivity index is 2.81. The number of hydrogen-bond donors (Lipinski definition) is 0. The van der Waals surface area contributed by atoms with Gasteiger partial charge in [-0.2, -0.15) is 49.3 Å². The summed E-state index contributed by atoms with van der Waals surface area (Å²) < 4.78 is 158. The highest BCUT2D eigenvalue weighted by Crippen LogP contribution is 2.49. The van der Waals surface area contributed by atoms with Crippen molar-refractivity contribution in [3.63, 3.8) is 0 Å². The fourth-order valence-corrected chi connectivity index (χ4v) is 2.58. The van der Waals surface area contributed by atoms with Crippen molar-refractivity contribution in [1.82, 2.24) is 0 Å². The largest absolute Gasteiger partial charge is 0.422 e. The van der Waals surface area contributed by atoms with E-state index < -0.39 is 70.8 Å². The van der Waals surface area contributed by atoms with Crippen molar-refractivity contribution in [3.8, 4) is 0 Å². The van der Waals surface area contributed by atoms with Crippen LogP contribution >= 0.6 is 0 Å². The van der Waals surface area contributed by atoms with Gasteiger partial charge in [-0.1, -0.05) is 12.0 Å². The van der Waals surface area contributed by atoms with Gasteiger partial charge in [0.05, 0.1) is 0 Å². The molecule has 15 heteroatoms. The molecule has 1 aromatic rings. The minimum Gasteiger partial charge on any atom is -0.206 e. The van der Waals surface area contributed by atoms with Crippen molar-refractivity contribution in [3.05, 3.63) is 34.1 Å². The van der Waals surface area contributed by atoms with Gasteiger partial charge in [0, 0.05) is 11.5 Å². The third kappa shape index (κ3) is 3.87. The Hall–Kier alpha value is -1.74. The predicted octanol–water partition coefficient (Wildman–Crippen LogP) is 5.64. The molecular formula is C13H6F12O3. The van der Waals surface area contributed by atoms with Crippen LogP contribution in [0.2, 0.25) is 0 Å². The molecule has 0 bridgehead atoms. The quantitative estimate of drug-likeness (QED) is 0.323. The van der Waals surface area contributed by atoms with Gasteiger partial charge in [0.25, 0.3) is 0 Å². The first-order chi connectivity index (χ1) is 12.5. The van der Waals surface area contributed by atoms with E-state index >= 15 is 0 Å². The Morgan fingerprint density at radius 1 is 0.679 bits per heavy atom. The number of rotatable bonds is 1. The molecule has 1 aliphatic heterocycles. The Bertz CT molecular complexity index is 751. The number of hydrogen-bond acceptors (Lipinski definition) is 3. The van der Waals surface area contributed by atoms with Crippen LogP contribution in [0.15, 0.2) is 0 Å². The average molecular weight is 438 g/mol. The van der Waals surface area contributed by atoms with Crippen LogP contribution in [-0.4, -0.2) is 12.3 Å². The molecule has 1 saturated heterocycles. The molecule has 0 aromatic heterocycles. The molecule has 28 heavy (non-hydrogen) atoms. The van der Waals surface area contributed by atoms with Crippen LogP contribution in [0.3, 0.4) is 0 Å². The summed E-state index contributed by atoms with van der Waals surface area (Å²) in [5.41, 5.74) is -8.45. The summed E-state index contributed by atoms with van der Waals surface area (Å²) in [5.74, 6) is -11.6. The lowest BCUT2D eigenvalue weighted by Gasteiger charge is -2.35. The fraction of sp³-hybridized carbons (Fsp3) is 0.538. The van der Waals surface area contributed by atoms with Crippen LogP contribution < -0.4 is 0 Å². The van der Waals surface area contributed by atoms with Crippen LogP contribution in [0.5, 0.6) is 0 Å². The van der Waals surface area contributed by atoms with E-state index in [1.54, 1.807) is 0 Å². The van der Waals surface area contributed by atoms with Gasteiger partial charge in [-0.25, -0.2) is 13.2 Å². The molecule has 0 radical (unpaired) electrons. The van der Waals surface area contributed by atoms with Gasteiger partial charge in [-0.05, 0) is 0 Å². The standard InChI is InChI=1S/C13H6F12O3/c1-2-9(26-28-27-10(2)13(23,24)25)3-4(11(17,18)19)7(15)5(12(20,21)22)8(16)6(3)14/h2,9-10H,1H3. The average Bonchev–Trinajstić information content (AvgIpc) is 2.47. The van der Waals surface area contributed by atoms with Crippen molar-refractivity contribution in [1.29, 1.82) is 0 Å². The molecule has 1 heterocycles. The summed E-state index contributed by atoms with van der Waals surface area (Å²) in [4.78, 5) is 7.67. The summed E-state index contributed by atoms with van der Waals surface area (Å²) in [6.45, 7) is 0.498. The molecular weight excluding hydrogens is 432 g/mol. The second-order valence-corrected chi connectivity index (χ2v) is 5.60. The molecule has 0 N–H and O–H groups in total. The zero-order chi connectivity index (χ0) is 21.8. The maximum absolute atomic E-state index is 14.1. The summed E-state index contributed by atoms with van der Waals surface area (Å²) in [6.07, 6.45) is -23.3. The lowest BCUT2D eigenvalue weighted by Crippen LogP contribution is -2.44. The first-order valence-electron chi connectivity index (χ1n) is 6.89. The van der Waals surface area contributed by atoms with Gasteiger partial charge in [0.15, 0.2) is 23.6 Å². The molecule has 0 saturated carbocycles. The van der Waals surface area contributed by atoms with E-state index in [0.717, 1.165) is 0 Å². The number of halogens is 12. The van der Waals surface area contributed by atoms with Crippen LogP contribution in [0.25, 0.3) is 0 Å². The van der Waals surface area contributed by atoms with Crippen molar-refractivity contribution in [2.24, 2.45) is 5.92 Å². The van der Waals surface area contributed by atoms with Crippen LogP contribution in [0.4, 0.5) is 52.7 Å². The molecule has 3 unspecified atom stereocenters. The summed E-state index contributed by atoms with van der Waals surface area (Å²) in [5, 5.41) is 3.52. The highest BCUT2D eigenvalue weighted by atomic mass is 19.4. The Morgan fingerprint density at radius 3 is 1.61 bits per heavy atom. The third-order valence-electron chi connectivity index (χ3n) is 3.77. The zero-order valence-electron chi connectivity index (χ0n) is 13.0. The molecule has 1 fully saturated rings. The molecule has 3 nitrogen and oxygen atoms in total. The lowest BCUT2D eigenvalue weighted by molar-refractivity contribution is -0.593. The van der Waals surface area contributed by atoms with Crippen LogP contribution in [-0.2, 0) is 27.2 Å². The molecule has 0 aliphatic carbocycles. The number of alkyl halides is 9. The summed E-state index contributed by atoms with van der Waals surface area (Å²) >= 11 is 0. The monoisotopic (exact) mass is 438 g/mol. The van der Waals surface area contributed by atoms with Crippen molar-refractivity contribution >= 4 is 0 Å². The maximum Gasteiger partial charge on any atom is 0.422 e. The minimum atomic E-state index is -6.08. The van der Waals surface area contributed by atoms with Crippen LogP contribution in [0.1, 0.15) is 29.7 Å². The molecule has 160 valence electrons. The summed E-state index contributed by atoms with van der Waals surface area (Å²) in [7, 11) is 0. The molecule has 1 aliphatic rings. The Kier molecular flexibility index (Phi) is 5.59. The van der Waals surface area contributed by atoms with Crippen molar-refractivity contribution < 1.29 is 67.5 Å². The smallest absolute Gasteiger partial charge is 0.206 e. The van der Waals surface area contributed by atoms with Gasteiger partial charge < -0.3 is 0 Å². The van der Waals surface area contributed by atoms with E-state index in [1.165, 1.54) is 0 Å². The molecule has 3 atom stereocenters. The third-order valence-corrected chi connectivity index (χ3v) is 3.77. The highest BCUT2D eigenvalue weighted by Gasteiger charge is 2.55. The first-order valence-corrected chi connectivity index (χ1v) is 6.89. The second-order valence-electron chi connectivity index (χ2n) is 5.60. The second kappa shape index (κ2) is 6.95. The van der Waals surface area contributed by atoms with E-state index in [9.17, 15) is 52.7 Å². The molecule has 1 aromatic carbocycles. The summed E-state index contributed by atoms with van der Waals surface area (Å²) in [6, 6.07) is 0. The van der Waals surface area contributed by atoms with Gasteiger partial charge in [0.1, 0.15) is 17.2 Å². The molecule has 0 amide bonds. The van der Waals surface area contributed by atoms with E-state index in [4.69, 9.17) is 0 Å². The lowest BCUT2D eigenvalue weighted by atomic mass is 9.87. The van der Waals surface area contributed by atoms with Crippen molar-refractivity contribution in [2.75, 3.05) is 0 Å². The van der Waals surface area contributed by atoms with E-state index in [-0.39, 0.29) is 0 Å². The molecule has 0 spiro atoms. The Labute approximate surface area is 146 Å². The highest BCUT2D eigenvalue weighted by molar-refractivity contribution is 5.41. The molecule has 2 rings (SSSR count). The van der Waals surface area contributed by atoms with Gasteiger partial charge in [-0.3, -0.25) is 0 Å². The van der Waals surface area contributed by atoms with E-state index in [0.29, 0.717) is 6.92 Å². The predicted molar refractivity (Wildman–Crippen MR) is 61.3 cm³/mol. The van der Waals surface area contributed by atoms with Crippen molar-refractivity contribution in [2.45, 2.75) is 37.7 Å². The minimum absolute atomic E-state index is 0.498. The SMILES string of the molecule is CC1C(c2c(F)c(F)c(C(F)(F)F)c(F)c2C(F)(F)F)OOOC1C(F)(F)F. The topological polar surface area (TPSA) is 27.7 Å². The van der Waals surface area contributed by atoms with Gasteiger partial charge in [0.2, 0.25) is 0 Å². The van der Waals surface area contributed by atoms with E-state index in [2.05, 4.69) is 14.8 Å². The maximum atomic E-state index is 14.1.